The second kappa shape index (κ2) is 26.5. The van der Waals surface area contributed by atoms with Gasteiger partial charge in [0.15, 0.2) is 13.9 Å². The molecule has 3 nitrogen and oxygen atoms in total. The van der Waals surface area contributed by atoms with E-state index in [2.05, 4.69) is 207 Å². The number of aromatic nitrogens is 1. The van der Waals surface area contributed by atoms with Crippen LogP contribution in [0.2, 0.25) is 0 Å². The van der Waals surface area contributed by atoms with Crippen LogP contribution in [0.4, 0.5) is 0 Å². The Kier molecular flexibility index (Phi) is 21.7. The van der Waals surface area contributed by atoms with Gasteiger partial charge in [-0.05, 0) is 133 Å². The smallest absolute Gasteiger partial charge is 0.191 e. The van der Waals surface area contributed by atoms with Crippen molar-refractivity contribution in [3.63, 3.8) is 0 Å². The number of benzene rings is 5. The Hall–Kier alpha value is -4.45. The van der Waals surface area contributed by atoms with Crippen LogP contribution in [0.5, 0.6) is 0 Å². The molecule has 409 valence electrons. The van der Waals surface area contributed by atoms with Crippen LogP contribution in [0.25, 0.3) is 32.1 Å². The second-order valence-electron chi connectivity index (χ2n) is 24.4. The van der Waals surface area contributed by atoms with E-state index in [1.807, 2.05) is 45.2 Å². The van der Waals surface area contributed by atoms with Crippen molar-refractivity contribution in [1.82, 2.24) is 4.98 Å². The zero-order valence-corrected chi connectivity index (χ0v) is 54.1. The molecule has 5 aromatic carbocycles. The molecule has 0 saturated carbocycles. The first-order valence-electron chi connectivity index (χ1n) is 28.6. The van der Waals surface area contributed by atoms with Gasteiger partial charge in [0.25, 0.3) is 0 Å². The average Bonchev–Trinajstić information content (AvgIpc) is 3.81. The molecule has 0 bridgehead atoms. The summed E-state index contributed by atoms with van der Waals surface area (Å²) in [6.45, 7) is 43.4. The molecule has 2 aromatic heterocycles. The molecule has 7 rings (SSSR count). The second-order valence-corrected chi connectivity index (χ2v) is 29.6. The molecule has 76 heavy (non-hydrogen) atoms. The van der Waals surface area contributed by atoms with E-state index in [1.54, 1.807) is 0 Å². The molecule has 0 spiro atoms. The molecular formula is C70H92IrNO2SSi-. The van der Waals surface area contributed by atoms with Crippen LogP contribution in [0.1, 0.15) is 232 Å². The number of thiophene rings is 1. The van der Waals surface area contributed by atoms with Gasteiger partial charge in [-0.15, -0.1) is 40.5 Å². The minimum absolute atomic E-state index is 0. The topological polar surface area (TPSA) is 50.2 Å². The van der Waals surface area contributed by atoms with Crippen LogP contribution in [0.15, 0.2) is 115 Å². The number of allylic oxidation sites excluding steroid dienone is 2. The van der Waals surface area contributed by atoms with Gasteiger partial charge in [0.2, 0.25) is 0 Å². The van der Waals surface area contributed by atoms with E-state index in [4.69, 9.17) is 4.98 Å². The molecule has 0 aliphatic rings. The predicted molar refractivity (Wildman–Crippen MR) is 332 cm³/mol. The Labute approximate surface area is 479 Å². The van der Waals surface area contributed by atoms with Crippen molar-refractivity contribution in [2.75, 3.05) is 0 Å². The van der Waals surface area contributed by atoms with Crippen molar-refractivity contribution in [3.05, 3.63) is 160 Å². The van der Waals surface area contributed by atoms with Crippen LogP contribution >= 0.6 is 11.3 Å². The summed E-state index contributed by atoms with van der Waals surface area (Å²) in [5.74, 6) is 2.93. The SMILES string of the molecule is CC(C)c1cc(C(C)C)cc([Si](c2cc(C(C)C)cc(C(C)C)c2)(c2cc(C(C)C)cc(C(C)C)c2)c2cc3ccnc(-c4[c-]c5ccccc5c(C(C)(C)C)c4)c3s2)c1.CCC(CC)C(=O)/C=C(\O)C(CC)CC.[Ir]. The van der Waals surface area contributed by atoms with Crippen molar-refractivity contribution in [2.45, 2.75) is 198 Å². The molecule has 0 atom stereocenters. The third-order valence-electron chi connectivity index (χ3n) is 16.0. The third kappa shape index (κ3) is 13.7. The summed E-state index contributed by atoms with van der Waals surface area (Å²) < 4.78 is 2.71. The number of pyridine rings is 1. The van der Waals surface area contributed by atoms with Gasteiger partial charge in [0.1, 0.15) is 0 Å². The monoisotopic (exact) mass is 1230 g/mol. The molecular weight excluding hydrogens is 1140 g/mol. The molecule has 2 heterocycles. The first kappa shape index (κ1) is 62.4. The average molecular weight is 1230 g/mol. The van der Waals surface area contributed by atoms with E-state index in [1.165, 1.54) is 80.6 Å². The van der Waals surface area contributed by atoms with Gasteiger partial charge >= 0.3 is 0 Å². The fourth-order valence-electron chi connectivity index (χ4n) is 10.7. The Morgan fingerprint density at radius 3 is 1.38 bits per heavy atom. The van der Waals surface area contributed by atoms with Crippen molar-refractivity contribution in [2.24, 2.45) is 11.8 Å². The van der Waals surface area contributed by atoms with Crippen LogP contribution in [0, 0.1) is 17.9 Å². The van der Waals surface area contributed by atoms with E-state index >= 15 is 0 Å². The standard InChI is InChI=1S/C57H68NSSi.C13H24O2.Ir/c1-34(2)42-23-43(35(3)4)27-49(26-42)60(50-28-44(36(5)6)24-45(29-50)37(7)8,51-30-46(38(9)10)25-47(31-51)39(11)12)54-33-41-20-21-58-55(56(41)59-54)48-22-40-18-16-17-19-52(40)53(32-48)57(13,14)15;1-5-10(6-2)12(14)9-13(15)11(7-3)8-4;/h16-21,23-39H,1-15H3;9-11,14H,5-8H2,1-4H3;/q-1;;/b;12-9-;. The quantitative estimate of drug-likeness (QED) is 0.0306. The molecule has 7 aromatic rings. The molecule has 1 radical (unpaired) electrons. The van der Waals surface area contributed by atoms with Gasteiger partial charge in [-0.2, -0.15) is 0 Å². The summed E-state index contributed by atoms with van der Waals surface area (Å²) in [6.07, 6.45) is 6.93. The Morgan fingerprint density at radius 1 is 0.592 bits per heavy atom. The zero-order chi connectivity index (χ0) is 55.3. The van der Waals surface area contributed by atoms with E-state index < -0.39 is 8.07 Å². The van der Waals surface area contributed by atoms with Gasteiger partial charge in [0.05, 0.1) is 5.76 Å². The van der Waals surface area contributed by atoms with Crippen LogP contribution in [-0.2, 0) is 30.3 Å². The Balaban J connectivity index is 0.000000581. The molecule has 0 aliphatic heterocycles. The summed E-state index contributed by atoms with van der Waals surface area (Å²) in [5.41, 5.74) is 11.9. The number of carbonyl (C=O) groups is 1. The normalized spacial score (nSPS) is 12.6. The van der Waals surface area contributed by atoms with Gasteiger partial charge in [0, 0.05) is 59.1 Å². The first-order valence-corrected chi connectivity index (χ1v) is 31.5. The maximum Gasteiger partial charge on any atom is 0.191 e. The summed E-state index contributed by atoms with van der Waals surface area (Å²) in [5, 5.41) is 17.9. The minimum Gasteiger partial charge on any atom is -0.512 e. The van der Waals surface area contributed by atoms with E-state index in [-0.39, 0.29) is 48.9 Å². The van der Waals surface area contributed by atoms with Gasteiger partial charge in [-0.1, -0.05) is 215 Å². The number of aliphatic hydroxyl groups excluding tert-OH is 1. The molecule has 0 amide bonds. The number of ketones is 1. The number of carbonyl (C=O) groups excluding carboxylic acids is 1. The predicted octanol–water partition coefficient (Wildman–Crippen LogP) is 18.2. The molecule has 0 aliphatic carbocycles. The number of rotatable bonds is 18. The van der Waals surface area contributed by atoms with Gasteiger partial charge < -0.3 is 5.11 Å². The molecule has 6 heteroatoms. The maximum absolute atomic E-state index is 11.7. The largest absolute Gasteiger partial charge is 0.512 e. The Bertz CT molecular complexity index is 2870. The Morgan fingerprint density at radius 2 is 1.00 bits per heavy atom. The summed E-state index contributed by atoms with van der Waals surface area (Å²) >= 11 is 1.99. The third-order valence-corrected chi connectivity index (χ3v) is 22.5. The number of fused-ring (bicyclic) bond motifs is 2. The fraction of sp³-hybridized carbons (Fsp3) is 0.457. The molecule has 0 unspecified atom stereocenters. The van der Waals surface area contributed by atoms with E-state index in [0.29, 0.717) is 35.5 Å². The number of nitrogens with zero attached hydrogens (tertiary/aromatic N) is 1. The van der Waals surface area contributed by atoms with Crippen molar-refractivity contribution in [3.8, 4) is 11.3 Å². The maximum atomic E-state index is 11.7. The minimum atomic E-state index is -3.07. The molecule has 0 saturated heterocycles. The van der Waals surface area contributed by atoms with Crippen LogP contribution in [0.3, 0.4) is 0 Å². The molecule has 1 N–H and O–H groups in total. The van der Waals surface area contributed by atoms with Crippen molar-refractivity contribution >= 4 is 66.1 Å². The van der Waals surface area contributed by atoms with Crippen molar-refractivity contribution < 1.29 is 30.0 Å². The van der Waals surface area contributed by atoms with Crippen molar-refractivity contribution in [1.29, 1.82) is 0 Å². The summed E-state index contributed by atoms with van der Waals surface area (Å²) in [7, 11) is -3.07. The summed E-state index contributed by atoms with van der Waals surface area (Å²) in [6, 6.07) is 43.0. The van der Waals surface area contributed by atoms with Crippen LogP contribution in [-0.4, -0.2) is 23.9 Å². The van der Waals surface area contributed by atoms with Crippen LogP contribution < -0.4 is 20.1 Å². The first-order chi connectivity index (χ1) is 35.4. The number of hydrogen-bond acceptors (Lipinski definition) is 4. The number of aliphatic hydroxyl groups is 1. The van der Waals surface area contributed by atoms with Gasteiger partial charge in [-0.3, -0.25) is 9.78 Å². The summed E-state index contributed by atoms with van der Waals surface area (Å²) in [4.78, 5) is 17.0. The van der Waals surface area contributed by atoms with E-state index in [9.17, 15) is 9.90 Å². The van der Waals surface area contributed by atoms with Gasteiger partial charge in [-0.25, -0.2) is 0 Å². The molecule has 0 fully saturated rings. The zero-order valence-electron chi connectivity index (χ0n) is 49.9. The number of hydrogen-bond donors (Lipinski definition) is 1. The van der Waals surface area contributed by atoms with E-state index in [0.717, 1.165) is 42.3 Å². The fourth-order valence-corrected chi connectivity index (χ4v) is 18.1.